The first-order chi connectivity index (χ1) is 8.78. The van der Waals surface area contributed by atoms with Gasteiger partial charge in [-0.25, -0.2) is 9.97 Å². The van der Waals surface area contributed by atoms with Gasteiger partial charge in [0.15, 0.2) is 0 Å². The highest BCUT2D eigenvalue weighted by molar-refractivity contribution is 5.70. The molecule has 3 rings (SSSR count). The fourth-order valence-electron chi connectivity index (χ4n) is 1.87. The lowest BCUT2D eigenvalue weighted by Gasteiger charge is -2.05. The van der Waals surface area contributed by atoms with Crippen LogP contribution in [0.2, 0.25) is 0 Å². The van der Waals surface area contributed by atoms with Crippen LogP contribution in [0.1, 0.15) is 0 Å². The monoisotopic (exact) mass is 241 g/mol. The standard InChI is InChI=1S/C13H11N3O2/c1-18-12-6-9(17)2-3-10(12)11-7-16-8-14-5-4-13(16)15-11/h2-8,17H,1H3. The molecule has 2 heterocycles. The highest BCUT2D eigenvalue weighted by Crippen LogP contribution is 2.32. The maximum atomic E-state index is 9.44. The Hall–Kier alpha value is -2.56. The van der Waals surface area contributed by atoms with Crippen LogP contribution < -0.4 is 4.74 Å². The molecule has 90 valence electrons. The van der Waals surface area contributed by atoms with Crippen molar-refractivity contribution in [2.24, 2.45) is 0 Å². The van der Waals surface area contributed by atoms with Gasteiger partial charge < -0.3 is 9.84 Å². The Bertz CT molecular complexity index is 673. The molecule has 5 nitrogen and oxygen atoms in total. The van der Waals surface area contributed by atoms with E-state index < -0.39 is 0 Å². The average Bonchev–Trinajstić information content (AvgIpc) is 2.82. The predicted molar refractivity (Wildman–Crippen MR) is 66.6 cm³/mol. The normalized spacial score (nSPS) is 10.7. The van der Waals surface area contributed by atoms with Gasteiger partial charge in [-0.1, -0.05) is 0 Å². The number of nitrogens with zero attached hydrogens (tertiary/aromatic N) is 3. The number of hydrogen-bond acceptors (Lipinski definition) is 4. The van der Waals surface area contributed by atoms with E-state index in [1.54, 1.807) is 37.8 Å². The van der Waals surface area contributed by atoms with Crippen molar-refractivity contribution in [2.75, 3.05) is 7.11 Å². The molecule has 0 amide bonds. The molecule has 0 atom stereocenters. The van der Waals surface area contributed by atoms with Crippen molar-refractivity contribution in [3.8, 4) is 22.8 Å². The van der Waals surface area contributed by atoms with E-state index >= 15 is 0 Å². The molecule has 5 heteroatoms. The summed E-state index contributed by atoms with van der Waals surface area (Å²) in [7, 11) is 1.57. The van der Waals surface area contributed by atoms with Crippen molar-refractivity contribution < 1.29 is 9.84 Å². The lowest BCUT2D eigenvalue weighted by Crippen LogP contribution is -1.87. The van der Waals surface area contributed by atoms with Crippen molar-refractivity contribution in [1.82, 2.24) is 14.4 Å². The van der Waals surface area contributed by atoms with Gasteiger partial charge in [-0.15, -0.1) is 0 Å². The molecule has 1 N–H and O–H groups in total. The molecule has 0 spiro atoms. The summed E-state index contributed by atoms with van der Waals surface area (Å²) in [6.45, 7) is 0. The Labute approximate surface area is 103 Å². The van der Waals surface area contributed by atoms with E-state index in [-0.39, 0.29) is 5.75 Å². The predicted octanol–water partition coefficient (Wildman–Crippen LogP) is 2.11. The van der Waals surface area contributed by atoms with Crippen molar-refractivity contribution in [1.29, 1.82) is 0 Å². The SMILES string of the molecule is COc1cc(O)ccc1-c1cn2cnccc2n1. The highest BCUT2D eigenvalue weighted by atomic mass is 16.5. The number of aromatic hydroxyl groups is 1. The van der Waals surface area contributed by atoms with Gasteiger partial charge >= 0.3 is 0 Å². The van der Waals surface area contributed by atoms with Crippen LogP contribution in [0, 0.1) is 0 Å². The quantitative estimate of drug-likeness (QED) is 0.746. The first kappa shape index (κ1) is 10.6. The number of rotatable bonds is 2. The summed E-state index contributed by atoms with van der Waals surface area (Å²) in [5.74, 6) is 0.757. The maximum Gasteiger partial charge on any atom is 0.140 e. The van der Waals surface area contributed by atoms with Gasteiger partial charge in [0.25, 0.3) is 0 Å². The van der Waals surface area contributed by atoms with Crippen LogP contribution in [0.25, 0.3) is 16.9 Å². The summed E-state index contributed by atoms with van der Waals surface area (Å²) in [4.78, 5) is 8.51. The average molecular weight is 241 g/mol. The largest absolute Gasteiger partial charge is 0.508 e. The number of aromatic nitrogens is 3. The minimum atomic E-state index is 0.168. The number of benzene rings is 1. The molecule has 0 aliphatic carbocycles. The molecule has 0 radical (unpaired) electrons. The highest BCUT2D eigenvalue weighted by Gasteiger charge is 2.10. The second kappa shape index (κ2) is 4.03. The summed E-state index contributed by atoms with van der Waals surface area (Å²) in [5.41, 5.74) is 2.42. The van der Waals surface area contributed by atoms with Gasteiger partial charge in [-0.2, -0.15) is 0 Å². The van der Waals surface area contributed by atoms with E-state index in [4.69, 9.17) is 4.74 Å². The molecule has 2 aromatic heterocycles. The third-order valence-electron chi connectivity index (χ3n) is 2.72. The van der Waals surface area contributed by atoms with Crippen molar-refractivity contribution >= 4 is 5.65 Å². The molecule has 0 bridgehead atoms. The van der Waals surface area contributed by atoms with E-state index in [9.17, 15) is 5.11 Å². The first-order valence-electron chi connectivity index (χ1n) is 5.44. The van der Waals surface area contributed by atoms with Gasteiger partial charge in [0.05, 0.1) is 12.8 Å². The number of hydrogen-bond donors (Lipinski definition) is 1. The second-order valence-corrected chi connectivity index (χ2v) is 3.86. The molecule has 18 heavy (non-hydrogen) atoms. The first-order valence-corrected chi connectivity index (χ1v) is 5.44. The van der Waals surface area contributed by atoms with E-state index in [1.807, 2.05) is 16.7 Å². The summed E-state index contributed by atoms with van der Waals surface area (Å²) < 4.78 is 7.09. The van der Waals surface area contributed by atoms with Crippen LogP contribution in [0.5, 0.6) is 11.5 Å². The van der Waals surface area contributed by atoms with Gasteiger partial charge in [-0.05, 0) is 18.2 Å². The Morgan fingerprint density at radius 3 is 2.94 bits per heavy atom. The minimum absolute atomic E-state index is 0.168. The third kappa shape index (κ3) is 1.66. The van der Waals surface area contributed by atoms with Gasteiger partial charge in [-0.3, -0.25) is 4.40 Å². The van der Waals surface area contributed by atoms with Gasteiger partial charge in [0.2, 0.25) is 0 Å². The zero-order valence-electron chi connectivity index (χ0n) is 9.74. The molecular formula is C13H11N3O2. The molecule has 1 aromatic carbocycles. The Morgan fingerprint density at radius 2 is 2.17 bits per heavy atom. The van der Waals surface area contributed by atoms with E-state index in [0.29, 0.717) is 5.75 Å². The van der Waals surface area contributed by atoms with Gasteiger partial charge in [0.1, 0.15) is 23.5 Å². The topological polar surface area (TPSA) is 59.7 Å². The van der Waals surface area contributed by atoms with E-state index in [2.05, 4.69) is 9.97 Å². The minimum Gasteiger partial charge on any atom is -0.508 e. The molecule has 0 aliphatic heterocycles. The second-order valence-electron chi connectivity index (χ2n) is 3.86. The maximum absolute atomic E-state index is 9.44. The zero-order valence-corrected chi connectivity index (χ0v) is 9.74. The molecule has 0 unspecified atom stereocenters. The molecule has 3 aromatic rings. The summed E-state index contributed by atoms with van der Waals surface area (Å²) >= 11 is 0. The smallest absolute Gasteiger partial charge is 0.140 e. The van der Waals surface area contributed by atoms with Crippen LogP contribution >= 0.6 is 0 Å². The summed E-state index contributed by atoms with van der Waals surface area (Å²) in [5, 5.41) is 9.44. The number of ether oxygens (including phenoxy) is 1. The Kier molecular flexibility index (Phi) is 2.37. The summed E-state index contributed by atoms with van der Waals surface area (Å²) in [6.07, 6.45) is 5.26. The summed E-state index contributed by atoms with van der Waals surface area (Å²) in [6, 6.07) is 6.79. The molecule has 0 fully saturated rings. The van der Waals surface area contributed by atoms with Crippen molar-refractivity contribution in [3.63, 3.8) is 0 Å². The number of phenols is 1. The van der Waals surface area contributed by atoms with E-state index in [1.165, 1.54) is 0 Å². The number of fused-ring (bicyclic) bond motifs is 1. The molecule has 0 saturated heterocycles. The molecule has 0 saturated carbocycles. The van der Waals surface area contributed by atoms with Crippen LogP contribution in [0.3, 0.4) is 0 Å². The molecule has 0 aliphatic rings. The van der Waals surface area contributed by atoms with Crippen LogP contribution in [0.4, 0.5) is 0 Å². The van der Waals surface area contributed by atoms with Gasteiger partial charge in [0, 0.05) is 24.0 Å². The fraction of sp³-hybridized carbons (Fsp3) is 0.0769. The Morgan fingerprint density at radius 1 is 1.28 bits per heavy atom. The lowest BCUT2D eigenvalue weighted by atomic mass is 10.1. The van der Waals surface area contributed by atoms with Crippen molar-refractivity contribution in [2.45, 2.75) is 0 Å². The van der Waals surface area contributed by atoms with E-state index in [0.717, 1.165) is 16.9 Å². The third-order valence-corrected chi connectivity index (χ3v) is 2.72. The van der Waals surface area contributed by atoms with Crippen molar-refractivity contribution in [3.05, 3.63) is 43.0 Å². The van der Waals surface area contributed by atoms with Crippen LogP contribution in [-0.2, 0) is 0 Å². The van der Waals surface area contributed by atoms with Crippen LogP contribution in [-0.4, -0.2) is 26.6 Å². The number of phenolic OH excluding ortho intramolecular Hbond substituents is 1. The Balaban J connectivity index is 2.19. The number of imidazole rings is 1. The van der Waals surface area contributed by atoms with Crippen LogP contribution in [0.15, 0.2) is 43.0 Å². The lowest BCUT2D eigenvalue weighted by molar-refractivity contribution is 0.409. The fourth-order valence-corrected chi connectivity index (χ4v) is 1.87. The number of methoxy groups -OCH3 is 1. The zero-order chi connectivity index (χ0) is 12.5. The molecular weight excluding hydrogens is 230 g/mol.